The SMILES string of the molecule is Cc1ccnc(Nc2nc(CC(=O)Nc3nc4c(s3)CCCC4)cs2)c1. The quantitative estimate of drug-likeness (QED) is 0.691. The van der Waals surface area contributed by atoms with Crippen LogP contribution in [-0.4, -0.2) is 20.9 Å². The van der Waals surface area contributed by atoms with E-state index in [1.54, 1.807) is 17.5 Å². The lowest BCUT2D eigenvalue weighted by Gasteiger charge is -2.06. The number of hydrogen-bond donors (Lipinski definition) is 2. The summed E-state index contributed by atoms with van der Waals surface area (Å²) in [5, 5.41) is 9.42. The number of aromatic nitrogens is 3. The van der Waals surface area contributed by atoms with Gasteiger partial charge in [-0.3, -0.25) is 4.79 Å². The molecule has 0 bridgehead atoms. The number of carbonyl (C=O) groups is 1. The second kappa shape index (κ2) is 7.51. The van der Waals surface area contributed by atoms with Gasteiger partial charge in [0.05, 0.1) is 17.8 Å². The van der Waals surface area contributed by atoms with Gasteiger partial charge in [-0.15, -0.1) is 22.7 Å². The average molecular weight is 386 g/mol. The molecule has 4 rings (SSSR count). The molecule has 1 amide bonds. The van der Waals surface area contributed by atoms with E-state index in [0.717, 1.165) is 40.7 Å². The standard InChI is InChI=1S/C18H19N5OS2/c1-11-6-7-19-15(8-11)22-17-20-12(10-25-17)9-16(24)23-18-21-13-4-2-3-5-14(13)26-18/h6-8,10H,2-5,9H2,1H3,(H,19,20,22)(H,21,23,24). The number of rotatable bonds is 5. The van der Waals surface area contributed by atoms with E-state index in [0.29, 0.717) is 5.13 Å². The van der Waals surface area contributed by atoms with Crippen molar-refractivity contribution >= 4 is 44.7 Å². The van der Waals surface area contributed by atoms with E-state index in [9.17, 15) is 4.79 Å². The number of nitrogens with zero attached hydrogens (tertiary/aromatic N) is 3. The molecule has 0 unspecified atom stereocenters. The molecule has 1 aliphatic rings. The summed E-state index contributed by atoms with van der Waals surface area (Å²) in [6, 6.07) is 3.90. The lowest BCUT2D eigenvalue weighted by Crippen LogP contribution is -2.14. The van der Waals surface area contributed by atoms with Crippen LogP contribution in [0, 0.1) is 6.92 Å². The van der Waals surface area contributed by atoms with E-state index in [4.69, 9.17) is 0 Å². The van der Waals surface area contributed by atoms with Crippen molar-refractivity contribution in [1.29, 1.82) is 0 Å². The molecule has 3 aromatic rings. The van der Waals surface area contributed by atoms with Crippen molar-refractivity contribution in [2.45, 2.75) is 39.0 Å². The summed E-state index contributed by atoms with van der Waals surface area (Å²) in [5.41, 5.74) is 3.02. The number of pyridine rings is 1. The van der Waals surface area contributed by atoms with Crippen molar-refractivity contribution < 1.29 is 4.79 Å². The predicted octanol–water partition coefficient (Wildman–Crippen LogP) is 4.11. The molecule has 26 heavy (non-hydrogen) atoms. The van der Waals surface area contributed by atoms with E-state index in [2.05, 4.69) is 25.6 Å². The Kier molecular flexibility index (Phi) is 4.94. The first-order chi connectivity index (χ1) is 12.7. The Morgan fingerprint density at radius 2 is 2.12 bits per heavy atom. The molecule has 8 heteroatoms. The van der Waals surface area contributed by atoms with Gasteiger partial charge < -0.3 is 10.6 Å². The van der Waals surface area contributed by atoms with Gasteiger partial charge in [0.25, 0.3) is 0 Å². The van der Waals surface area contributed by atoms with Gasteiger partial charge in [-0.1, -0.05) is 0 Å². The third kappa shape index (κ3) is 4.08. The summed E-state index contributed by atoms with van der Waals surface area (Å²) in [4.78, 5) is 26.9. The fourth-order valence-electron chi connectivity index (χ4n) is 2.89. The Bertz CT molecular complexity index is 910. The third-order valence-corrected chi connectivity index (χ3v) is 6.02. The van der Waals surface area contributed by atoms with Gasteiger partial charge in [-0.25, -0.2) is 15.0 Å². The van der Waals surface area contributed by atoms with Crippen LogP contribution in [0.3, 0.4) is 0 Å². The van der Waals surface area contributed by atoms with Crippen molar-refractivity contribution in [3.63, 3.8) is 0 Å². The molecule has 0 aromatic carbocycles. The van der Waals surface area contributed by atoms with Gasteiger partial charge in [0.2, 0.25) is 5.91 Å². The Morgan fingerprint density at radius 1 is 1.23 bits per heavy atom. The molecule has 0 atom stereocenters. The van der Waals surface area contributed by atoms with Gasteiger partial charge >= 0.3 is 0 Å². The first-order valence-corrected chi connectivity index (χ1v) is 10.3. The second-order valence-electron chi connectivity index (χ2n) is 6.31. The Morgan fingerprint density at radius 3 is 2.96 bits per heavy atom. The Hall–Kier alpha value is -2.32. The topological polar surface area (TPSA) is 79.8 Å². The highest BCUT2D eigenvalue weighted by Gasteiger charge is 2.17. The Labute approximate surface area is 159 Å². The van der Waals surface area contributed by atoms with Crippen LogP contribution in [0.4, 0.5) is 16.1 Å². The van der Waals surface area contributed by atoms with Crippen LogP contribution in [-0.2, 0) is 24.1 Å². The highest BCUT2D eigenvalue weighted by Crippen LogP contribution is 2.29. The number of aryl methyl sites for hydroxylation is 3. The number of anilines is 3. The van der Waals surface area contributed by atoms with Crippen LogP contribution < -0.4 is 10.6 Å². The summed E-state index contributed by atoms with van der Waals surface area (Å²) in [6.45, 7) is 2.01. The number of fused-ring (bicyclic) bond motifs is 1. The van der Waals surface area contributed by atoms with Crippen molar-refractivity contribution in [1.82, 2.24) is 15.0 Å². The van der Waals surface area contributed by atoms with E-state index in [1.165, 1.54) is 29.1 Å². The fourth-order valence-corrected chi connectivity index (χ4v) is 4.68. The van der Waals surface area contributed by atoms with Gasteiger partial charge in [0, 0.05) is 16.5 Å². The molecule has 0 saturated heterocycles. The molecule has 0 fully saturated rings. The van der Waals surface area contributed by atoms with E-state index < -0.39 is 0 Å². The molecule has 2 N–H and O–H groups in total. The van der Waals surface area contributed by atoms with Gasteiger partial charge in [0.1, 0.15) is 5.82 Å². The normalized spacial score (nSPS) is 13.3. The minimum Gasteiger partial charge on any atom is -0.316 e. The van der Waals surface area contributed by atoms with Gasteiger partial charge in [0.15, 0.2) is 10.3 Å². The molecule has 134 valence electrons. The number of carbonyl (C=O) groups excluding carboxylic acids is 1. The molecule has 3 aromatic heterocycles. The van der Waals surface area contributed by atoms with Crippen molar-refractivity contribution in [2.75, 3.05) is 10.6 Å². The number of hydrogen-bond acceptors (Lipinski definition) is 7. The van der Waals surface area contributed by atoms with E-state index >= 15 is 0 Å². The molecule has 3 heterocycles. The minimum absolute atomic E-state index is 0.0818. The maximum atomic E-state index is 12.3. The first kappa shape index (κ1) is 17.1. The third-order valence-electron chi connectivity index (χ3n) is 4.14. The molecule has 0 aliphatic heterocycles. The molecule has 6 nitrogen and oxygen atoms in total. The highest BCUT2D eigenvalue weighted by atomic mass is 32.1. The number of nitrogens with one attached hydrogen (secondary N) is 2. The van der Waals surface area contributed by atoms with Crippen molar-refractivity contribution in [2.24, 2.45) is 0 Å². The zero-order valence-corrected chi connectivity index (χ0v) is 16.0. The molecular formula is C18H19N5OS2. The maximum Gasteiger partial charge on any atom is 0.232 e. The molecule has 1 aliphatic carbocycles. The zero-order chi connectivity index (χ0) is 17.9. The van der Waals surface area contributed by atoms with E-state index in [1.807, 2.05) is 24.4 Å². The lowest BCUT2D eigenvalue weighted by atomic mass is 10.0. The number of thiazole rings is 2. The minimum atomic E-state index is -0.0818. The van der Waals surface area contributed by atoms with Gasteiger partial charge in [-0.05, 0) is 50.3 Å². The lowest BCUT2D eigenvalue weighted by molar-refractivity contribution is -0.115. The summed E-state index contributed by atoms with van der Waals surface area (Å²) in [6.07, 6.45) is 6.51. The summed E-state index contributed by atoms with van der Waals surface area (Å²) < 4.78 is 0. The second-order valence-corrected chi connectivity index (χ2v) is 8.25. The molecular weight excluding hydrogens is 366 g/mol. The summed E-state index contributed by atoms with van der Waals surface area (Å²) in [5.74, 6) is 0.672. The molecule has 0 saturated carbocycles. The number of amides is 1. The van der Waals surface area contributed by atoms with Crippen LogP contribution in [0.1, 0.15) is 34.7 Å². The van der Waals surface area contributed by atoms with Crippen LogP contribution in [0.2, 0.25) is 0 Å². The monoisotopic (exact) mass is 385 g/mol. The van der Waals surface area contributed by atoms with Crippen LogP contribution >= 0.6 is 22.7 Å². The van der Waals surface area contributed by atoms with Crippen molar-refractivity contribution in [3.8, 4) is 0 Å². The van der Waals surface area contributed by atoms with Crippen molar-refractivity contribution in [3.05, 3.63) is 45.5 Å². The molecule has 0 spiro atoms. The smallest absolute Gasteiger partial charge is 0.232 e. The highest BCUT2D eigenvalue weighted by molar-refractivity contribution is 7.16. The fraction of sp³-hybridized carbons (Fsp3) is 0.333. The van der Waals surface area contributed by atoms with Gasteiger partial charge in [-0.2, -0.15) is 0 Å². The first-order valence-electron chi connectivity index (χ1n) is 8.58. The zero-order valence-electron chi connectivity index (χ0n) is 14.4. The average Bonchev–Trinajstić information content (AvgIpc) is 3.20. The van der Waals surface area contributed by atoms with E-state index in [-0.39, 0.29) is 12.3 Å². The van der Waals surface area contributed by atoms with Crippen LogP contribution in [0.15, 0.2) is 23.7 Å². The predicted molar refractivity (Wildman–Crippen MR) is 105 cm³/mol. The van der Waals surface area contributed by atoms with Crippen LogP contribution in [0.25, 0.3) is 0 Å². The largest absolute Gasteiger partial charge is 0.316 e. The Balaban J connectivity index is 1.36. The van der Waals surface area contributed by atoms with Crippen LogP contribution in [0.5, 0.6) is 0 Å². The maximum absolute atomic E-state index is 12.3. The summed E-state index contributed by atoms with van der Waals surface area (Å²) in [7, 11) is 0. The molecule has 0 radical (unpaired) electrons. The summed E-state index contributed by atoms with van der Waals surface area (Å²) >= 11 is 3.07.